The van der Waals surface area contributed by atoms with E-state index in [2.05, 4.69) is 14.5 Å². The summed E-state index contributed by atoms with van der Waals surface area (Å²) in [5.74, 6) is 1.14. The molecule has 0 amide bonds. The predicted molar refractivity (Wildman–Crippen MR) is 111 cm³/mol. The van der Waals surface area contributed by atoms with E-state index in [-0.39, 0.29) is 12.0 Å². The van der Waals surface area contributed by atoms with Gasteiger partial charge in [0.15, 0.2) is 28.5 Å². The number of ether oxygens (including phenoxy) is 2. The van der Waals surface area contributed by atoms with Crippen LogP contribution in [0.5, 0.6) is 5.75 Å². The Morgan fingerprint density at radius 1 is 1.19 bits per heavy atom. The summed E-state index contributed by atoms with van der Waals surface area (Å²) < 4.78 is 29.8. The molecule has 31 heavy (non-hydrogen) atoms. The normalized spacial score (nSPS) is 18.5. The first-order valence-corrected chi connectivity index (χ1v) is 10.6. The van der Waals surface area contributed by atoms with Gasteiger partial charge in [-0.3, -0.25) is 9.25 Å². The number of hydrogen-bond acceptors (Lipinski definition) is 7. The zero-order valence-corrected chi connectivity index (χ0v) is 16.9. The summed E-state index contributed by atoms with van der Waals surface area (Å²) in [6, 6.07) is 3.11. The standard InChI is InChI=1S/C21H22FN7O2/c22-12-4-5-13-17-14(7-10-31-19(12)17)28(27-13)8-6-15-26-18-20(23)24-11-25-21(18)29(15)16-3-1-2-9-30-16/h4-5,11,16H,1-3,6-10H2,(H2,23,24,25). The molecule has 4 aromatic rings. The van der Waals surface area contributed by atoms with Crippen LogP contribution in [-0.4, -0.2) is 42.5 Å². The van der Waals surface area contributed by atoms with Crippen LogP contribution < -0.4 is 10.5 Å². The van der Waals surface area contributed by atoms with Crippen molar-refractivity contribution in [3.63, 3.8) is 0 Å². The van der Waals surface area contributed by atoms with Crippen molar-refractivity contribution in [3.8, 4) is 5.75 Å². The van der Waals surface area contributed by atoms with E-state index >= 15 is 0 Å². The summed E-state index contributed by atoms with van der Waals surface area (Å²) in [6.07, 6.45) is 5.69. The first-order chi connectivity index (χ1) is 15.2. The number of nitrogens with two attached hydrogens (primary N) is 1. The van der Waals surface area contributed by atoms with E-state index in [4.69, 9.17) is 25.3 Å². The van der Waals surface area contributed by atoms with Crippen molar-refractivity contribution in [3.05, 3.63) is 35.8 Å². The number of nitrogen functional groups attached to an aromatic ring is 1. The van der Waals surface area contributed by atoms with Gasteiger partial charge in [0.1, 0.15) is 18.4 Å². The van der Waals surface area contributed by atoms with Crippen molar-refractivity contribution in [2.24, 2.45) is 0 Å². The third-order valence-electron chi connectivity index (χ3n) is 6.07. The van der Waals surface area contributed by atoms with Gasteiger partial charge in [-0.05, 0) is 31.4 Å². The number of rotatable bonds is 4. The average molecular weight is 423 g/mol. The van der Waals surface area contributed by atoms with Crippen LogP contribution in [0.4, 0.5) is 10.2 Å². The van der Waals surface area contributed by atoms with Gasteiger partial charge in [0, 0.05) is 26.0 Å². The third kappa shape index (κ3) is 2.93. The fourth-order valence-corrected chi connectivity index (χ4v) is 4.64. The van der Waals surface area contributed by atoms with Gasteiger partial charge in [-0.2, -0.15) is 5.10 Å². The van der Waals surface area contributed by atoms with E-state index in [1.54, 1.807) is 6.07 Å². The van der Waals surface area contributed by atoms with Gasteiger partial charge < -0.3 is 15.2 Å². The highest BCUT2D eigenvalue weighted by Crippen LogP contribution is 2.35. The van der Waals surface area contributed by atoms with Crippen LogP contribution in [0.25, 0.3) is 22.1 Å². The maximum absolute atomic E-state index is 14.2. The molecule has 1 fully saturated rings. The van der Waals surface area contributed by atoms with E-state index in [1.165, 1.54) is 12.4 Å². The van der Waals surface area contributed by atoms with E-state index in [1.807, 2.05) is 4.68 Å². The van der Waals surface area contributed by atoms with Crippen molar-refractivity contribution >= 4 is 27.9 Å². The molecule has 10 heteroatoms. The summed E-state index contributed by atoms with van der Waals surface area (Å²) in [7, 11) is 0. The second-order valence-corrected chi connectivity index (χ2v) is 7.94. The maximum Gasteiger partial charge on any atom is 0.167 e. The van der Waals surface area contributed by atoms with E-state index < -0.39 is 0 Å². The number of aromatic nitrogens is 6. The molecule has 9 nitrogen and oxygen atoms in total. The zero-order valence-electron chi connectivity index (χ0n) is 16.9. The number of benzene rings is 1. The van der Waals surface area contributed by atoms with Gasteiger partial charge in [-0.15, -0.1) is 0 Å². The lowest BCUT2D eigenvalue weighted by atomic mass is 10.1. The molecule has 5 heterocycles. The molecule has 6 rings (SSSR count). The van der Waals surface area contributed by atoms with E-state index in [0.717, 1.165) is 41.7 Å². The lowest BCUT2D eigenvalue weighted by Gasteiger charge is -2.25. The van der Waals surface area contributed by atoms with Crippen molar-refractivity contribution in [1.29, 1.82) is 0 Å². The first-order valence-electron chi connectivity index (χ1n) is 10.6. The largest absolute Gasteiger partial charge is 0.489 e. The SMILES string of the molecule is Nc1ncnc2c1nc(CCn1nc3ccc(F)c4c3c1CCO4)n2C1CCCCO1. The lowest BCUT2D eigenvalue weighted by Crippen LogP contribution is -2.21. The molecule has 0 radical (unpaired) electrons. The van der Waals surface area contributed by atoms with Crippen molar-refractivity contribution in [1.82, 2.24) is 29.3 Å². The van der Waals surface area contributed by atoms with Crippen LogP contribution in [-0.2, 0) is 24.1 Å². The summed E-state index contributed by atoms with van der Waals surface area (Å²) in [5, 5.41) is 5.47. The highest BCUT2D eigenvalue weighted by atomic mass is 19.1. The number of fused-ring (bicyclic) bond motifs is 1. The van der Waals surface area contributed by atoms with Gasteiger partial charge in [0.25, 0.3) is 0 Å². The Kier molecular flexibility index (Phi) is 4.27. The van der Waals surface area contributed by atoms with Crippen molar-refractivity contribution in [2.75, 3.05) is 18.9 Å². The molecule has 0 bridgehead atoms. The van der Waals surface area contributed by atoms with Crippen LogP contribution in [0.2, 0.25) is 0 Å². The van der Waals surface area contributed by atoms with E-state index in [9.17, 15) is 4.39 Å². The fourth-order valence-electron chi connectivity index (χ4n) is 4.64. The Hall–Kier alpha value is -3.27. The van der Waals surface area contributed by atoms with Gasteiger partial charge in [-0.1, -0.05) is 0 Å². The molecule has 2 aliphatic rings. The lowest BCUT2D eigenvalue weighted by molar-refractivity contribution is -0.0314. The molecule has 0 saturated carbocycles. The molecule has 3 aromatic heterocycles. The summed E-state index contributed by atoms with van der Waals surface area (Å²) in [4.78, 5) is 13.3. The molecule has 0 spiro atoms. The Bertz CT molecular complexity index is 1290. The second-order valence-electron chi connectivity index (χ2n) is 7.94. The number of anilines is 1. The van der Waals surface area contributed by atoms with Crippen molar-refractivity contribution < 1.29 is 13.9 Å². The highest BCUT2D eigenvalue weighted by molar-refractivity contribution is 5.89. The molecule has 2 aliphatic heterocycles. The van der Waals surface area contributed by atoms with Crippen molar-refractivity contribution in [2.45, 2.75) is 44.9 Å². The van der Waals surface area contributed by atoms with Crippen LogP contribution >= 0.6 is 0 Å². The van der Waals surface area contributed by atoms with Gasteiger partial charge >= 0.3 is 0 Å². The molecular weight excluding hydrogens is 401 g/mol. The number of nitrogens with zero attached hydrogens (tertiary/aromatic N) is 6. The first kappa shape index (κ1) is 18.5. The Balaban J connectivity index is 1.39. The average Bonchev–Trinajstić information content (AvgIpc) is 3.35. The molecule has 160 valence electrons. The Morgan fingerprint density at radius 2 is 2.13 bits per heavy atom. The molecule has 1 unspecified atom stereocenters. The quantitative estimate of drug-likeness (QED) is 0.538. The number of aryl methyl sites for hydroxylation is 2. The third-order valence-corrected chi connectivity index (χ3v) is 6.07. The topological polar surface area (TPSA) is 106 Å². The molecule has 1 atom stereocenters. The fraction of sp³-hybridized carbons (Fsp3) is 0.429. The molecule has 1 aromatic carbocycles. The van der Waals surface area contributed by atoms with Crippen LogP contribution in [0.3, 0.4) is 0 Å². The predicted octanol–water partition coefficient (Wildman–Crippen LogP) is 2.77. The molecule has 1 saturated heterocycles. The van der Waals surface area contributed by atoms with E-state index in [0.29, 0.717) is 55.3 Å². The zero-order chi connectivity index (χ0) is 20.9. The molecular formula is C21H22FN7O2. The number of imidazole rings is 1. The Morgan fingerprint density at radius 3 is 3.00 bits per heavy atom. The Labute approximate surface area is 177 Å². The number of halogens is 1. The minimum absolute atomic E-state index is 0.118. The minimum atomic E-state index is -0.349. The summed E-state index contributed by atoms with van der Waals surface area (Å²) in [5.41, 5.74) is 9.10. The minimum Gasteiger partial charge on any atom is -0.489 e. The van der Waals surface area contributed by atoms with Gasteiger partial charge in [0.2, 0.25) is 0 Å². The van der Waals surface area contributed by atoms with Gasteiger partial charge in [-0.25, -0.2) is 19.3 Å². The summed E-state index contributed by atoms with van der Waals surface area (Å²) in [6.45, 7) is 1.75. The number of hydrogen-bond donors (Lipinski definition) is 1. The molecule has 2 N–H and O–H groups in total. The maximum atomic E-state index is 14.2. The monoisotopic (exact) mass is 423 g/mol. The van der Waals surface area contributed by atoms with Crippen LogP contribution in [0.1, 0.15) is 37.0 Å². The summed E-state index contributed by atoms with van der Waals surface area (Å²) >= 11 is 0. The van der Waals surface area contributed by atoms with Crippen LogP contribution in [0.15, 0.2) is 18.5 Å². The van der Waals surface area contributed by atoms with Gasteiger partial charge in [0.05, 0.1) is 23.2 Å². The van der Waals surface area contributed by atoms with Crippen LogP contribution in [0, 0.1) is 5.82 Å². The smallest absolute Gasteiger partial charge is 0.167 e. The highest BCUT2D eigenvalue weighted by Gasteiger charge is 2.26. The second kappa shape index (κ2) is 7.16. The molecule has 0 aliphatic carbocycles.